The zero-order valence-electron chi connectivity index (χ0n) is 16.8. The lowest BCUT2D eigenvalue weighted by molar-refractivity contribution is 0.613. The van der Waals surface area contributed by atoms with Gasteiger partial charge in [-0.15, -0.1) is 5.10 Å². The van der Waals surface area contributed by atoms with Crippen LogP contribution in [0.4, 0.5) is 5.95 Å². The van der Waals surface area contributed by atoms with Crippen LogP contribution in [0.2, 0.25) is 5.02 Å². The molecule has 3 aromatic carbocycles. The minimum absolute atomic E-state index is 0.0819. The van der Waals surface area contributed by atoms with Gasteiger partial charge in [-0.05, 0) is 43.2 Å². The predicted octanol–water partition coefficient (Wildman–Crippen LogP) is 6.27. The van der Waals surface area contributed by atoms with Crippen molar-refractivity contribution in [3.05, 3.63) is 106 Å². The third-order valence-corrected chi connectivity index (χ3v) is 5.60. The number of nitrogens with zero attached hydrogens (tertiary/aromatic N) is 3. The van der Waals surface area contributed by atoms with E-state index in [-0.39, 0.29) is 6.04 Å². The van der Waals surface area contributed by atoms with E-state index in [4.69, 9.17) is 21.7 Å². The van der Waals surface area contributed by atoms with Crippen molar-refractivity contribution >= 4 is 23.2 Å². The van der Waals surface area contributed by atoms with Crippen molar-refractivity contribution in [2.24, 2.45) is 0 Å². The number of halogens is 1. The van der Waals surface area contributed by atoms with Crippen molar-refractivity contribution in [3.8, 4) is 11.4 Å². The number of hydrogen-bond acceptors (Lipinski definition) is 3. The molecule has 0 fully saturated rings. The molecule has 0 bridgehead atoms. The summed E-state index contributed by atoms with van der Waals surface area (Å²) >= 11 is 6.12. The number of nitrogens with one attached hydrogen (secondary N) is 1. The average molecular weight is 413 g/mol. The Morgan fingerprint density at radius 1 is 0.800 bits per heavy atom. The molecule has 0 amide bonds. The molecule has 4 nitrogen and oxygen atoms in total. The van der Waals surface area contributed by atoms with Gasteiger partial charge in [-0.2, -0.15) is 4.98 Å². The molecular weight excluding hydrogens is 392 g/mol. The maximum Gasteiger partial charge on any atom is 0.227 e. The summed E-state index contributed by atoms with van der Waals surface area (Å²) < 4.78 is 1.94. The van der Waals surface area contributed by atoms with E-state index in [0.29, 0.717) is 5.82 Å². The zero-order chi connectivity index (χ0) is 20.7. The summed E-state index contributed by atoms with van der Waals surface area (Å²) in [6, 6.07) is 24.6. The highest BCUT2D eigenvalue weighted by molar-refractivity contribution is 6.30. The van der Waals surface area contributed by atoms with Gasteiger partial charge in [-0.3, -0.25) is 0 Å². The van der Waals surface area contributed by atoms with Crippen molar-refractivity contribution in [1.29, 1.82) is 0 Å². The van der Waals surface area contributed by atoms with Crippen LogP contribution < -0.4 is 5.32 Å². The van der Waals surface area contributed by atoms with Crippen molar-refractivity contribution in [2.45, 2.75) is 19.9 Å². The summed E-state index contributed by atoms with van der Waals surface area (Å²) in [6.07, 6.45) is 2.19. The summed E-state index contributed by atoms with van der Waals surface area (Å²) in [5.74, 6) is 1.43. The van der Waals surface area contributed by atoms with E-state index in [0.717, 1.165) is 33.4 Å². The Morgan fingerprint density at radius 3 is 2.03 bits per heavy atom. The number of aromatic nitrogens is 3. The van der Waals surface area contributed by atoms with Gasteiger partial charge in [-0.1, -0.05) is 83.4 Å². The van der Waals surface area contributed by atoms with Gasteiger partial charge in [0.05, 0.1) is 0 Å². The molecule has 0 saturated carbocycles. The summed E-state index contributed by atoms with van der Waals surface area (Å²) in [5.41, 5.74) is 6.68. The molecule has 0 aliphatic carbocycles. The monoisotopic (exact) mass is 412 g/mol. The Bertz CT molecular complexity index is 1220. The Hall–Kier alpha value is -3.37. The smallest absolute Gasteiger partial charge is 0.227 e. The normalized spacial score (nSPS) is 15.3. The van der Waals surface area contributed by atoms with E-state index in [9.17, 15) is 0 Å². The van der Waals surface area contributed by atoms with Crippen molar-refractivity contribution < 1.29 is 0 Å². The first-order chi connectivity index (χ1) is 14.6. The highest BCUT2D eigenvalue weighted by atomic mass is 35.5. The molecular formula is C25H21ClN4. The average Bonchev–Trinajstić information content (AvgIpc) is 3.19. The molecule has 2 heterocycles. The van der Waals surface area contributed by atoms with Gasteiger partial charge in [0.1, 0.15) is 6.04 Å². The molecule has 1 aliphatic heterocycles. The molecule has 0 spiro atoms. The lowest BCUT2D eigenvalue weighted by atomic mass is 10.0. The van der Waals surface area contributed by atoms with Crippen LogP contribution in [-0.2, 0) is 0 Å². The Kier molecular flexibility index (Phi) is 4.64. The maximum absolute atomic E-state index is 6.12. The SMILES string of the molecule is Cc1ccc(C2=CC(c3ccc(Cl)cc3)n3nc(-c4ccc(C)cc4)nc3N2)cc1. The van der Waals surface area contributed by atoms with Crippen molar-refractivity contribution in [1.82, 2.24) is 14.8 Å². The molecule has 1 atom stereocenters. The maximum atomic E-state index is 6.12. The molecule has 1 aliphatic rings. The summed E-state index contributed by atoms with van der Waals surface area (Å²) in [4.78, 5) is 4.81. The minimum atomic E-state index is -0.0819. The van der Waals surface area contributed by atoms with Gasteiger partial charge in [0.15, 0.2) is 5.82 Å². The quantitative estimate of drug-likeness (QED) is 0.431. The largest absolute Gasteiger partial charge is 0.324 e. The van der Waals surface area contributed by atoms with Gasteiger partial charge >= 0.3 is 0 Å². The van der Waals surface area contributed by atoms with Crippen LogP contribution in [0.3, 0.4) is 0 Å². The van der Waals surface area contributed by atoms with Gasteiger partial charge in [0.2, 0.25) is 5.95 Å². The van der Waals surface area contributed by atoms with Crippen LogP contribution >= 0.6 is 11.6 Å². The van der Waals surface area contributed by atoms with Crippen molar-refractivity contribution in [3.63, 3.8) is 0 Å². The minimum Gasteiger partial charge on any atom is -0.324 e. The summed E-state index contributed by atoms with van der Waals surface area (Å²) in [6.45, 7) is 4.17. The van der Waals surface area contributed by atoms with E-state index >= 15 is 0 Å². The molecule has 5 heteroatoms. The van der Waals surface area contributed by atoms with E-state index in [1.165, 1.54) is 11.1 Å². The van der Waals surface area contributed by atoms with Crippen LogP contribution in [-0.4, -0.2) is 14.8 Å². The lowest BCUT2D eigenvalue weighted by Gasteiger charge is -2.24. The highest BCUT2D eigenvalue weighted by Crippen LogP contribution is 2.34. The fraction of sp³-hybridized carbons (Fsp3) is 0.120. The first kappa shape index (κ1) is 18.6. The molecule has 148 valence electrons. The number of aryl methyl sites for hydroxylation is 2. The fourth-order valence-corrected chi connectivity index (χ4v) is 3.74. The summed E-state index contributed by atoms with van der Waals surface area (Å²) in [5, 5.41) is 9.03. The van der Waals surface area contributed by atoms with E-state index in [1.807, 2.05) is 28.9 Å². The number of hydrogen-bond donors (Lipinski definition) is 1. The van der Waals surface area contributed by atoms with Gasteiger partial charge in [0, 0.05) is 16.3 Å². The topological polar surface area (TPSA) is 42.7 Å². The second-order valence-electron chi connectivity index (χ2n) is 7.64. The molecule has 4 aromatic rings. The Balaban J connectivity index is 1.61. The number of fused-ring (bicyclic) bond motifs is 1. The second kappa shape index (κ2) is 7.47. The number of allylic oxidation sites excluding steroid dienone is 1. The molecule has 30 heavy (non-hydrogen) atoms. The lowest BCUT2D eigenvalue weighted by Crippen LogP contribution is -2.20. The third kappa shape index (κ3) is 3.51. The zero-order valence-corrected chi connectivity index (χ0v) is 17.6. The van der Waals surface area contributed by atoms with Crippen LogP contribution in [0.5, 0.6) is 0 Å². The first-order valence-electron chi connectivity index (χ1n) is 9.92. The van der Waals surface area contributed by atoms with Crippen molar-refractivity contribution in [2.75, 3.05) is 5.32 Å². The van der Waals surface area contributed by atoms with Crippen LogP contribution in [0.15, 0.2) is 78.9 Å². The van der Waals surface area contributed by atoms with E-state index < -0.39 is 0 Å². The molecule has 5 rings (SSSR count). The van der Waals surface area contributed by atoms with Crippen LogP contribution in [0.25, 0.3) is 17.1 Å². The Labute approximate surface area is 180 Å². The number of rotatable bonds is 3. The van der Waals surface area contributed by atoms with E-state index in [2.05, 4.69) is 73.8 Å². The van der Waals surface area contributed by atoms with Gasteiger partial charge in [0.25, 0.3) is 0 Å². The predicted molar refractivity (Wildman–Crippen MR) is 123 cm³/mol. The fourth-order valence-electron chi connectivity index (χ4n) is 3.62. The summed E-state index contributed by atoms with van der Waals surface area (Å²) in [7, 11) is 0. The second-order valence-corrected chi connectivity index (χ2v) is 8.07. The van der Waals surface area contributed by atoms with E-state index in [1.54, 1.807) is 0 Å². The first-order valence-corrected chi connectivity index (χ1v) is 10.3. The van der Waals surface area contributed by atoms with Gasteiger partial charge < -0.3 is 5.32 Å². The molecule has 0 radical (unpaired) electrons. The molecule has 1 aromatic heterocycles. The molecule has 1 N–H and O–H groups in total. The Morgan fingerprint density at radius 2 is 1.40 bits per heavy atom. The highest BCUT2D eigenvalue weighted by Gasteiger charge is 2.25. The van der Waals surface area contributed by atoms with Crippen LogP contribution in [0.1, 0.15) is 28.3 Å². The molecule has 0 saturated heterocycles. The van der Waals surface area contributed by atoms with Gasteiger partial charge in [-0.25, -0.2) is 4.68 Å². The van der Waals surface area contributed by atoms with Crippen LogP contribution in [0, 0.1) is 13.8 Å². The standard InChI is InChI=1S/C25H21ClN4/c1-16-3-7-18(8-4-16)22-15-23(19-11-13-21(26)14-12-19)30-25(27-22)28-24(29-30)20-9-5-17(2)6-10-20/h3-15,23H,1-2H3,(H,27,28,29). The number of benzene rings is 3. The number of anilines is 1. The third-order valence-electron chi connectivity index (χ3n) is 5.35. The molecule has 1 unspecified atom stereocenters.